The number of nitrogens with zero attached hydrogens (tertiary/aromatic N) is 2. The van der Waals surface area contributed by atoms with E-state index in [4.69, 9.17) is 4.74 Å². The molecule has 3 heterocycles. The number of aromatic amines is 1. The van der Waals surface area contributed by atoms with Crippen molar-refractivity contribution < 1.29 is 9.53 Å². The van der Waals surface area contributed by atoms with Crippen LogP contribution in [0.1, 0.15) is 23.2 Å². The van der Waals surface area contributed by atoms with Gasteiger partial charge < -0.3 is 20.4 Å². The normalized spacial score (nSPS) is 15.7. The Morgan fingerprint density at radius 1 is 1.09 bits per heavy atom. The highest BCUT2D eigenvalue weighted by Crippen LogP contribution is 2.40. The van der Waals surface area contributed by atoms with E-state index in [9.17, 15) is 4.79 Å². The zero-order valence-electron chi connectivity index (χ0n) is 17.9. The molecule has 32 heavy (non-hydrogen) atoms. The third-order valence-corrected chi connectivity index (χ3v) is 5.84. The molecule has 0 unspecified atom stereocenters. The van der Waals surface area contributed by atoms with Crippen LogP contribution in [0, 0.1) is 0 Å². The minimum atomic E-state index is -0.108. The third kappa shape index (κ3) is 3.83. The topological polar surface area (TPSA) is 91.9 Å². The second kappa shape index (κ2) is 8.80. The average Bonchev–Trinajstić information content (AvgIpc) is 3.51. The van der Waals surface area contributed by atoms with E-state index in [1.54, 1.807) is 13.4 Å². The van der Waals surface area contributed by atoms with Crippen molar-refractivity contribution in [1.29, 1.82) is 0 Å². The quantitative estimate of drug-likeness (QED) is 0.428. The summed E-state index contributed by atoms with van der Waals surface area (Å²) in [5, 5.41) is 7.09. The Labute approximate surface area is 186 Å². The van der Waals surface area contributed by atoms with Gasteiger partial charge in [-0.25, -0.2) is 9.97 Å². The minimum Gasteiger partial charge on any atom is -0.376 e. The first-order valence-electron chi connectivity index (χ1n) is 10.8. The molecule has 1 atom stereocenters. The van der Waals surface area contributed by atoms with E-state index in [1.807, 2.05) is 42.5 Å². The molecule has 0 aliphatic carbocycles. The molecule has 7 heteroatoms. The van der Waals surface area contributed by atoms with Gasteiger partial charge in [0.05, 0.1) is 17.2 Å². The lowest BCUT2D eigenvalue weighted by atomic mass is 9.98. The maximum Gasteiger partial charge on any atom is 0.251 e. The van der Waals surface area contributed by atoms with Gasteiger partial charge in [0.2, 0.25) is 0 Å². The third-order valence-electron chi connectivity index (χ3n) is 5.84. The van der Waals surface area contributed by atoms with Crippen LogP contribution < -0.4 is 10.6 Å². The van der Waals surface area contributed by atoms with E-state index in [2.05, 4.69) is 37.7 Å². The molecule has 2 aromatic heterocycles. The average molecular weight is 428 g/mol. The summed E-state index contributed by atoms with van der Waals surface area (Å²) < 4.78 is 5.77. The summed E-state index contributed by atoms with van der Waals surface area (Å²) >= 11 is 0. The molecule has 5 rings (SSSR count). The Kier molecular flexibility index (Phi) is 5.56. The summed E-state index contributed by atoms with van der Waals surface area (Å²) in [6.45, 7) is 1.53. The lowest BCUT2D eigenvalue weighted by molar-refractivity contribution is 0.0963. The van der Waals surface area contributed by atoms with Crippen molar-refractivity contribution in [2.24, 2.45) is 0 Å². The molecule has 0 saturated carbocycles. The van der Waals surface area contributed by atoms with Crippen LogP contribution in [0.4, 0.5) is 5.82 Å². The maximum atomic E-state index is 12.0. The lowest BCUT2D eigenvalue weighted by Crippen LogP contribution is -2.19. The van der Waals surface area contributed by atoms with Crippen LogP contribution in [0.15, 0.2) is 60.9 Å². The molecule has 7 nitrogen and oxygen atoms in total. The second-order valence-electron chi connectivity index (χ2n) is 7.86. The summed E-state index contributed by atoms with van der Waals surface area (Å²) in [5.74, 6) is 0.678. The molecule has 0 spiro atoms. The molecule has 4 aromatic rings. The van der Waals surface area contributed by atoms with Gasteiger partial charge in [-0.3, -0.25) is 4.79 Å². The van der Waals surface area contributed by atoms with Crippen LogP contribution in [-0.4, -0.2) is 47.2 Å². The van der Waals surface area contributed by atoms with Crippen molar-refractivity contribution in [3.63, 3.8) is 0 Å². The Balaban J connectivity index is 1.62. The van der Waals surface area contributed by atoms with Gasteiger partial charge in [-0.05, 0) is 36.1 Å². The van der Waals surface area contributed by atoms with Crippen molar-refractivity contribution in [1.82, 2.24) is 20.3 Å². The van der Waals surface area contributed by atoms with Crippen LogP contribution in [0.2, 0.25) is 0 Å². The Bertz CT molecular complexity index is 1230. The predicted octanol–water partition coefficient (Wildman–Crippen LogP) is 4.24. The molecule has 0 radical (unpaired) electrons. The number of hydrogen-bond acceptors (Lipinski definition) is 5. The van der Waals surface area contributed by atoms with E-state index >= 15 is 0 Å². The van der Waals surface area contributed by atoms with Crippen LogP contribution in [-0.2, 0) is 4.74 Å². The molecule has 1 fully saturated rings. The van der Waals surface area contributed by atoms with E-state index in [-0.39, 0.29) is 12.0 Å². The number of ether oxygens (including phenoxy) is 1. The van der Waals surface area contributed by atoms with E-state index in [1.165, 1.54) is 0 Å². The highest BCUT2D eigenvalue weighted by atomic mass is 16.5. The standard InChI is InChI=1S/C25H25N5O2/c1-26-25(31)18-11-9-17(10-12-18)22-20(16-6-3-2-4-7-16)21-23(28-15-29-24(21)30-22)27-14-19-8-5-13-32-19/h2-4,6-7,9-12,15,19H,5,8,13-14H2,1H3,(H,26,31)(H2,27,28,29,30)/t19-/m0/s1. The Hall–Kier alpha value is -3.71. The van der Waals surface area contributed by atoms with Gasteiger partial charge in [-0.1, -0.05) is 42.5 Å². The Morgan fingerprint density at radius 3 is 2.62 bits per heavy atom. The number of carbonyl (C=O) groups is 1. The number of anilines is 1. The number of fused-ring (bicyclic) bond motifs is 1. The number of aromatic nitrogens is 3. The number of rotatable bonds is 6. The van der Waals surface area contributed by atoms with Gasteiger partial charge in [0.1, 0.15) is 17.8 Å². The number of amides is 1. The Morgan fingerprint density at radius 2 is 1.91 bits per heavy atom. The van der Waals surface area contributed by atoms with Gasteiger partial charge in [0.25, 0.3) is 5.91 Å². The number of benzene rings is 2. The molecular weight excluding hydrogens is 402 g/mol. The predicted molar refractivity (Wildman–Crippen MR) is 126 cm³/mol. The summed E-state index contributed by atoms with van der Waals surface area (Å²) in [6.07, 6.45) is 3.93. The SMILES string of the molecule is CNC(=O)c1ccc(-c2[nH]c3ncnc(NC[C@@H]4CCCO4)c3c2-c2ccccc2)cc1. The zero-order chi connectivity index (χ0) is 21.9. The summed E-state index contributed by atoms with van der Waals surface area (Å²) in [6, 6.07) is 17.8. The number of carbonyl (C=O) groups excluding carboxylic acids is 1. The van der Waals surface area contributed by atoms with Crippen LogP contribution >= 0.6 is 0 Å². The zero-order valence-corrected chi connectivity index (χ0v) is 17.9. The fraction of sp³-hybridized carbons (Fsp3) is 0.240. The van der Waals surface area contributed by atoms with Crippen molar-refractivity contribution in [3.05, 3.63) is 66.5 Å². The molecule has 2 aromatic carbocycles. The molecule has 0 bridgehead atoms. The highest BCUT2D eigenvalue weighted by Gasteiger charge is 2.21. The fourth-order valence-corrected chi connectivity index (χ4v) is 4.22. The maximum absolute atomic E-state index is 12.0. The molecule has 1 saturated heterocycles. The van der Waals surface area contributed by atoms with Crippen molar-refractivity contribution in [3.8, 4) is 22.4 Å². The number of H-pyrrole nitrogens is 1. The molecule has 162 valence electrons. The second-order valence-corrected chi connectivity index (χ2v) is 7.86. The number of hydrogen-bond donors (Lipinski definition) is 3. The van der Waals surface area contributed by atoms with E-state index in [0.717, 1.165) is 58.7 Å². The fourth-order valence-electron chi connectivity index (χ4n) is 4.22. The van der Waals surface area contributed by atoms with Crippen LogP contribution in [0.25, 0.3) is 33.4 Å². The largest absolute Gasteiger partial charge is 0.376 e. The smallest absolute Gasteiger partial charge is 0.251 e. The van der Waals surface area contributed by atoms with Gasteiger partial charge >= 0.3 is 0 Å². The first-order chi connectivity index (χ1) is 15.7. The molecule has 1 amide bonds. The molecule has 3 N–H and O–H groups in total. The highest BCUT2D eigenvalue weighted by molar-refractivity contribution is 6.07. The van der Waals surface area contributed by atoms with E-state index in [0.29, 0.717) is 12.1 Å². The van der Waals surface area contributed by atoms with Crippen LogP contribution in [0.3, 0.4) is 0 Å². The minimum absolute atomic E-state index is 0.108. The summed E-state index contributed by atoms with van der Waals surface area (Å²) in [5.41, 5.74) is 5.39. The first kappa shape index (κ1) is 20.2. The summed E-state index contributed by atoms with van der Waals surface area (Å²) in [7, 11) is 1.63. The first-order valence-corrected chi connectivity index (χ1v) is 10.8. The summed E-state index contributed by atoms with van der Waals surface area (Å²) in [4.78, 5) is 24.5. The number of nitrogens with one attached hydrogen (secondary N) is 3. The molecule has 1 aliphatic rings. The van der Waals surface area contributed by atoms with Crippen molar-refractivity contribution in [2.45, 2.75) is 18.9 Å². The van der Waals surface area contributed by atoms with Gasteiger partial charge in [0.15, 0.2) is 0 Å². The van der Waals surface area contributed by atoms with Gasteiger partial charge in [-0.2, -0.15) is 0 Å². The van der Waals surface area contributed by atoms with Crippen molar-refractivity contribution >= 4 is 22.8 Å². The molecule has 1 aliphatic heterocycles. The van der Waals surface area contributed by atoms with Gasteiger partial charge in [0, 0.05) is 31.3 Å². The monoisotopic (exact) mass is 427 g/mol. The van der Waals surface area contributed by atoms with Crippen molar-refractivity contribution in [2.75, 3.05) is 25.5 Å². The van der Waals surface area contributed by atoms with Crippen LogP contribution in [0.5, 0.6) is 0 Å². The van der Waals surface area contributed by atoms with E-state index < -0.39 is 0 Å². The lowest BCUT2D eigenvalue weighted by Gasteiger charge is -2.13. The van der Waals surface area contributed by atoms with Gasteiger partial charge in [-0.15, -0.1) is 0 Å². The molecular formula is C25H25N5O2.